The molecule has 0 unspecified atom stereocenters. The zero-order chi connectivity index (χ0) is 17.7. The van der Waals surface area contributed by atoms with E-state index in [4.69, 9.17) is 45.3 Å². The van der Waals surface area contributed by atoms with Crippen LogP contribution >= 0.6 is 34.8 Å². The van der Waals surface area contributed by atoms with Gasteiger partial charge in [-0.2, -0.15) is 4.98 Å². The van der Waals surface area contributed by atoms with E-state index in [1.54, 1.807) is 0 Å². The molecule has 0 atom stereocenters. The number of carbonyl (C=O) groups is 2. The zero-order valence-corrected chi connectivity index (χ0v) is 14.5. The predicted octanol–water partition coefficient (Wildman–Crippen LogP) is 2.52. The van der Waals surface area contributed by atoms with Crippen molar-refractivity contribution in [2.45, 2.75) is 6.54 Å². The van der Waals surface area contributed by atoms with Crippen LogP contribution in [0.25, 0.3) is 0 Å². The van der Waals surface area contributed by atoms with Crippen molar-refractivity contribution in [2.24, 2.45) is 0 Å². The van der Waals surface area contributed by atoms with Crippen LogP contribution in [0.4, 0.5) is 5.69 Å². The van der Waals surface area contributed by atoms with Crippen LogP contribution in [0.15, 0.2) is 30.3 Å². The summed E-state index contributed by atoms with van der Waals surface area (Å²) in [7, 11) is 0. The van der Waals surface area contributed by atoms with Gasteiger partial charge in [0.15, 0.2) is 6.61 Å². The first-order valence-corrected chi connectivity index (χ1v) is 7.86. The van der Waals surface area contributed by atoms with E-state index < -0.39 is 18.5 Å². The van der Waals surface area contributed by atoms with Gasteiger partial charge in [-0.1, -0.05) is 53.5 Å². The second-order valence-electron chi connectivity index (χ2n) is 4.69. The molecule has 6 nitrogen and oxygen atoms in total. The average molecular weight is 390 g/mol. The van der Waals surface area contributed by atoms with Gasteiger partial charge >= 0.3 is 11.7 Å². The fourth-order valence-electron chi connectivity index (χ4n) is 1.76. The number of hydrogen-bond acceptors (Lipinski definition) is 4. The van der Waals surface area contributed by atoms with Crippen molar-refractivity contribution in [3.8, 4) is 0 Å². The number of ether oxygens (including phenoxy) is 1. The van der Waals surface area contributed by atoms with Crippen LogP contribution in [-0.4, -0.2) is 18.5 Å². The number of aromatic nitrogens is 1. The van der Waals surface area contributed by atoms with E-state index in [9.17, 15) is 9.59 Å². The van der Waals surface area contributed by atoms with E-state index in [1.165, 1.54) is 0 Å². The first-order valence-electron chi connectivity index (χ1n) is 6.73. The van der Waals surface area contributed by atoms with Crippen molar-refractivity contribution in [2.75, 3.05) is 12.3 Å². The van der Waals surface area contributed by atoms with Crippen LogP contribution in [0.5, 0.6) is 0 Å². The number of benzene rings is 1. The third-order valence-corrected chi connectivity index (χ3v) is 4.16. The van der Waals surface area contributed by atoms with E-state index in [1.807, 2.05) is 30.3 Å². The molecule has 126 valence electrons. The second kappa shape index (κ2) is 8.19. The molecule has 0 radical (unpaired) electrons. The monoisotopic (exact) mass is 388 g/mol. The van der Waals surface area contributed by atoms with Crippen LogP contribution in [0.3, 0.4) is 0 Å². The summed E-state index contributed by atoms with van der Waals surface area (Å²) in [6.07, 6.45) is 0. The molecule has 24 heavy (non-hydrogen) atoms. The molecule has 0 saturated carbocycles. The standard InChI is InChI=1S/C15H12Cl3N3O3/c16-10-12(19)11(17)14(18)21-13(10)15(23)24-7-9(22)20-6-8-4-2-1-3-5-8/h1-5H,6-7H2,(H2,19,21)(H,20,22)/p+1. The van der Waals surface area contributed by atoms with Gasteiger partial charge in [0.25, 0.3) is 11.1 Å². The maximum Gasteiger partial charge on any atom is 0.405 e. The maximum absolute atomic E-state index is 12.0. The van der Waals surface area contributed by atoms with Gasteiger partial charge in [0, 0.05) is 6.54 Å². The summed E-state index contributed by atoms with van der Waals surface area (Å²) in [6, 6.07) is 9.30. The number of esters is 1. The maximum atomic E-state index is 12.0. The third-order valence-electron chi connectivity index (χ3n) is 2.99. The number of pyridine rings is 1. The molecule has 2 aromatic rings. The highest BCUT2D eigenvalue weighted by Crippen LogP contribution is 2.32. The number of aromatic amines is 1. The summed E-state index contributed by atoms with van der Waals surface area (Å²) in [4.78, 5) is 26.2. The Morgan fingerprint density at radius 3 is 2.46 bits per heavy atom. The highest BCUT2D eigenvalue weighted by Gasteiger charge is 2.27. The van der Waals surface area contributed by atoms with Gasteiger partial charge in [0.05, 0.1) is 5.69 Å². The van der Waals surface area contributed by atoms with E-state index in [2.05, 4.69) is 10.3 Å². The lowest BCUT2D eigenvalue weighted by Gasteiger charge is -2.06. The molecule has 1 aromatic carbocycles. The fraction of sp³-hybridized carbons (Fsp3) is 0.133. The topological polar surface area (TPSA) is 95.6 Å². The molecule has 0 aliphatic heterocycles. The molecule has 2 rings (SSSR count). The molecule has 0 aliphatic rings. The molecule has 4 N–H and O–H groups in total. The lowest BCUT2D eigenvalue weighted by Crippen LogP contribution is -2.30. The average Bonchev–Trinajstić information content (AvgIpc) is 2.60. The number of anilines is 1. The molecule has 1 heterocycles. The van der Waals surface area contributed by atoms with E-state index in [0.29, 0.717) is 6.54 Å². The number of amides is 1. The molecule has 0 bridgehead atoms. The summed E-state index contributed by atoms with van der Waals surface area (Å²) >= 11 is 17.5. The second-order valence-corrected chi connectivity index (χ2v) is 5.83. The van der Waals surface area contributed by atoms with Gasteiger partial charge < -0.3 is 15.8 Å². The number of rotatable bonds is 5. The van der Waals surface area contributed by atoms with Crippen LogP contribution in [0.2, 0.25) is 15.2 Å². The largest absolute Gasteiger partial charge is 0.448 e. The Labute approximate surface area is 152 Å². The Kier molecular flexibility index (Phi) is 6.25. The molecule has 1 amide bonds. The minimum atomic E-state index is -0.875. The number of carbonyl (C=O) groups excluding carboxylic acids is 2. The van der Waals surface area contributed by atoms with Gasteiger partial charge in [-0.3, -0.25) is 4.79 Å². The Hall–Kier alpha value is -2.02. The number of nitrogens with one attached hydrogen (secondary N) is 2. The summed E-state index contributed by atoms with van der Waals surface area (Å²) in [5.41, 5.74) is 6.32. The van der Waals surface area contributed by atoms with E-state index >= 15 is 0 Å². The van der Waals surface area contributed by atoms with Gasteiger partial charge in [0.2, 0.25) is 0 Å². The lowest BCUT2D eigenvalue weighted by molar-refractivity contribution is -0.380. The van der Waals surface area contributed by atoms with Crippen molar-refractivity contribution in [3.63, 3.8) is 0 Å². The predicted molar refractivity (Wildman–Crippen MR) is 91.0 cm³/mol. The highest BCUT2D eigenvalue weighted by atomic mass is 35.5. The van der Waals surface area contributed by atoms with Crippen LogP contribution < -0.4 is 16.0 Å². The fourth-order valence-corrected chi connectivity index (χ4v) is 2.37. The number of hydrogen-bond donors (Lipinski definition) is 2. The Bertz CT molecular complexity index is 770. The number of nitrogen functional groups attached to an aromatic ring is 1. The third kappa shape index (κ3) is 4.50. The van der Waals surface area contributed by atoms with Gasteiger partial charge in [-0.25, -0.2) is 4.79 Å². The van der Waals surface area contributed by atoms with Crippen LogP contribution in [-0.2, 0) is 16.1 Å². The first kappa shape index (κ1) is 18.3. The molecular formula is C15H13Cl3N3O3+. The number of H-pyrrole nitrogens is 1. The molecular weight excluding hydrogens is 377 g/mol. The Balaban J connectivity index is 1.92. The molecule has 0 aliphatic carbocycles. The van der Waals surface area contributed by atoms with Crippen molar-refractivity contribution in [1.29, 1.82) is 0 Å². The minimum absolute atomic E-state index is 0.00109. The van der Waals surface area contributed by atoms with Crippen LogP contribution in [0, 0.1) is 0 Å². The van der Waals surface area contributed by atoms with E-state index in [-0.39, 0.29) is 26.6 Å². The van der Waals surface area contributed by atoms with Crippen molar-refractivity contribution in [3.05, 3.63) is 56.8 Å². The number of halogens is 3. The summed E-state index contributed by atoms with van der Waals surface area (Å²) in [6.45, 7) is -0.153. The molecule has 0 fully saturated rings. The van der Waals surface area contributed by atoms with Crippen molar-refractivity contribution >= 4 is 52.4 Å². The lowest BCUT2D eigenvalue weighted by atomic mass is 10.2. The molecule has 0 saturated heterocycles. The van der Waals surface area contributed by atoms with Crippen molar-refractivity contribution < 1.29 is 19.3 Å². The summed E-state index contributed by atoms with van der Waals surface area (Å²) < 4.78 is 4.89. The first-order chi connectivity index (χ1) is 11.4. The Morgan fingerprint density at radius 2 is 1.79 bits per heavy atom. The minimum Gasteiger partial charge on any atom is -0.448 e. The SMILES string of the molecule is Nc1c(Cl)c(Cl)[nH+]c(C(=O)OCC(=O)NCc2ccccc2)c1Cl. The molecule has 1 aromatic heterocycles. The van der Waals surface area contributed by atoms with Gasteiger partial charge in [0.1, 0.15) is 10.0 Å². The van der Waals surface area contributed by atoms with Crippen LogP contribution in [0.1, 0.15) is 16.1 Å². The Morgan fingerprint density at radius 1 is 1.12 bits per heavy atom. The van der Waals surface area contributed by atoms with Crippen molar-refractivity contribution in [1.82, 2.24) is 5.32 Å². The quantitative estimate of drug-likeness (QED) is 0.607. The summed E-state index contributed by atoms with van der Waals surface area (Å²) in [5.74, 6) is -1.34. The van der Waals surface area contributed by atoms with Gasteiger partial charge in [-0.05, 0) is 17.2 Å². The molecule has 0 spiro atoms. The number of nitrogens with two attached hydrogens (primary N) is 1. The molecule has 9 heteroatoms. The smallest absolute Gasteiger partial charge is 0.405 e. The van der Waals surface area contributed by atoms with Gasteiger partial charge in [-0.15, -0.1) is 0 Å². The van der Waals surface area contributed by atoms with E-state index in [0.717, 1.165) is 5.56 Å². The highest BCUT2D eigenvalue weighted by molar-refractivity contribution is 6.45. The zero-order valence-electron chi connectivity index (χ0n) is 12.2. The normalized spacial score (nSPS) is 10.3. The summed E-state index contributed by atoms with van der Waals surface area (Å²) in [5, 5.41) is 2.44.